The molecule has 0 aliphatic carbocycles. The van der Waals surface area contributed by atoms with Gasteiger partial charge < -0.3 is 54.0 Å². The Morgan fingerprint density at radius 1 is 0.760 bits per heavy atom. The van der Waals surface area contributed by atoms with Gasteiger partial charge in [0.05, 0.1) is 19.5 Å². The molecule has 1 saturated heterocycles. The highest BCUT2D eigenvalue weighted by atomic mass is 33.1. The average molecular weight is 1090 g/mol. The van der Waals surface area contributed by atoms with E-state index in [2.05, 4.69) is 20.9 Å². The molecule has 0 saturated carbocycles. The van der Waals surface area contributed by atoms with Crippen molar-refractivity contribution >= 4 is 80.7 Å². The molecule has 1 aliphatic heterocycles. The van der Waals surface area contributed by atoms with Gasteiger partial charge in [-0.25, -0.2) is 19.4 Å². The van der Waals surface area contributed by atoms with Gasteiger partial charge >= 0.3 is 17.9 Å². The predicted octanol–water partition coefficient (Wildman–Crippen LogP) is 2.90. The largest absolute Gasteiger partial charge is 0.519 e. The van der Waals surface area contributed by atoms with E-state index in [0.717, 1.165) is 22.0 Å². The fraction of sp³-hybridized carbons (Fsp3) is 0.633. The van der Waals surface area contributed by atoms with Crippen molar-refractivity contribution in [3.05, 3.63) is 46.0 Å². The number of amides is 7. The Balaban J connectivity index is 1.37. The molecule has 0 unspecified atom stereocenters. The first-order chi connectivity index (χ1) is 35.6. The molecule has 3 rings (SSSR count). The van der Waals surface area contributed by atoms with Gasteiger partial charge in [-0.3, -0.25) is 38.4 Å². The fourth-order valence-corrected chi connectivity index (χ4v) is 9.34. The van der Waals surface area contributed by atoms with Crippen LogP contribution in [-0.2, 0) is 54.5 Å². The molecular formula is C49H73N9O15S2. The predicted molar refractivity (Wildman–Crippen MR) is 275 cm³/mol. The van der Waals surface area contributed by atoms with Crippen LogP contribution in [0.2, 0.25) is 0 Å². The van der Waals surface area contributed by atoms with Crippen LogP contribution in [0.4, 0.5) is 4.79 Å². The van der Waals surface area contributed by atoms with Gasteiger partial charge in [-0.05, 0) is 96.6 Å². The molecule has 3 heterocycles. The van der Waals surface area contributed by atoms with Gasteiger partial charge in [0, 0.05) is 95.8 Å². The standard InChI is InChI=1S/C49H73N9O15S2/c1-33-39(72-49(69)71-33)32-70-48(68)56(6)25-24-52-47(67)37(28-45(65)73-58-43(63)20-21-44(58)64)57(7)42(62)17-9-8-14-26-74-75-41-19-18-35(29-53-41)38(60)16-11-13-23-51-46(66)34(27-36(59)30-54(2)3)15-10-12-22-50-40(61)31-55(4)5/h18-19,29,34,37H,8-17,20-28,30-32H2,1-7H3,(H,50,61)(H,51,66)(H,52,67)/t34-,37+/m1/s1. The van der Waals surface area contributed by atoms with E-state index < -0.39 is 59.9 Å². The molecule has 2 aromatic rings. The van der Waals surface area contributed by atoms with Crippen LogP contribution in [-0.4, -0.2) is 182 Å². The van der Waals surface area contributed by atoms with E-state index in [4.69, 9.17) is 18.4 Å². The first-order valence-electron chi connectivity index (χ1n) is 24.9. The molecule has 24 nitrogen and oxygen atoms in total. The summed E-state index contributed by atoms with van der Waals surface area (Å²) in [6, 6.07) is 2.12. The van der Waals surface area contributed by atoms with Crippen LogP contribution >= 0.6 is 21.6 Å². The Morgan fingerprint density at radius 3 is 2.08 bits per heavy atom. The molecule has 3 N–H and O–H groups in total. The van der Waals surface area contributed by atoms with Crippen LogP contribution in [0.1, 0.15) is 112 Å². The van der Waals surface area contributed by atoms with Crippen LogP contribution in [0.3, 0.4) is 0 Å². The van der Waals surface area contributed by atoms with E-state index in [-0.39, 0.29) is 93.2 Å². The number of hydrogen-bond acceptors (Lipinski definition) is 20. The number of nitrogens with one attached hydrogen (secondary N) is 3. The van der Waals surface area contributed by atoms with Crippen molar-refractivity contribution in [3.63, 3.8) is 0 Å². The monoisotopic (exact) mass is 1090 g/mol. The quantitative estimate of drug-likeness (QED) is 0.0382. The molecule has 75 heavy (non-hydrogen) atoms. The topological polar surface area (TPSA) is 298 Å². The van der Waals surface area contributed by atoms with Gasteiger partial charge in [-0.15, -0.1) is 5.06 Å². The molecule has 26 heteroatoms. The van der Waals surface area contributed by atoms with Crippen LogP contribution < -0.4 is 21.8 Å². The molecule has 2 aromatic heterocycles. The summed E-state index contributed by atoms with van der Waals surface area (Å²) in [7, 11) is 13.0. The van der Waals surface area contributed by atoms with Gasteiger partial charge in [0.15, 0.2) is 23.9 Å². The van der Waals surface area contributed by atoms with Gasteiger partial charge in [0.2, 0.25) is 23.6 Å². The number of carbonyl (C=O) groups is 10. The number of carbonyl (C=O) groups excluding carboxylic acids is 10. The number of Topliss-reactive ketones (excluding diaryl/α,β-unsaturated/α-hetero) is 2. The maximum absolute atomic E-state index is 13.4. The summed E-state index contributed by atoms with van der Waals surface area (Å²) in [5.74, 6) is -4.53. The van der Waals surface area contributed by atoms with E-state index in [9.17, 15) is 52.7 Å². The van der Waals surface area contributed by atoms with Gasteiger partial charge in [-0.1, -0.05) is 23.6 Å². The molecule has 0 aromatic carbocycles. The zero-order valence-electron chi connectivity index (χ0n) is 44.1. The minimum Gasteiger partial charge on any atom is -0.441 e. The molecule has 0 radical (unpaired) electrons. The number of aryl methyl sites for hydroxylation is 1. The SMILES string of the molecule is Cc1oc(=O)oc1COC(=O)N(C)CCNC(=O)[C@H](CC(=O)ON1C(=O)CCC1=O)N(C)C(=O)CCCCCSSc1ccc(C(=O)CCCCNC(=O)[C@H](CCCCNC(=O)CN(C)C)CC(=O)CN(C)C)cn1. The van der Waals surface area contributed by atoms with Gasteiger partial charge in [-0.2, -0.15) is 0 Å². The fourth-order valence-electron chi connectivity index (χ4n) is 7.34. The summed E-state index contributed by atoms with van der Waals surface area (Å²) in [6.07, 6.45) is 5.19. The summed E-state index contributed by atoms with van der Waals surface area (Å²) >= 11 is 0. The third-order valence-corrected chi connectivity index (χ3v) is 13.8. The van der Waals surface area contributed by atoms with Crippen LogP contribution in [0.5, 0.6) is 0 Å². The van der Waals surface area contributed by atoms with E-state index in [1.54, 1.807) is 53.0 Å². The lowest BCUT2D eigenvalue weighted by Crippen LogP contribution is -2.50. The summed E-state index contributed by atoms with van der Waals surface area (Å²) in [5, 5.41) is 9.47. The van der Waals surface area contributed by atoms with E-state index in [0.29, 0.717) is 80.2 Å². The summed E-state index contributed by atoms with van der Waals surface area (Å²) < 4.78 is 14.7. The van der Waals surface area contributed by atoms with Crippen molar-refractivity contribution < 1.29 is 66.4 Å². The maximum atomic E-state index is 13.4. The van der Waals surface area contributed by atoms with Crippen molar-refractivity contribution in [3.8, 4) is 0 Å². The zero-order valence-corrected chi connectivity index (χ0v) is 45.7. The first-order valence-corrected chi connectivity index (χ1v) is 27.2. The summed E-state index contributed by atoms with van der Waals surface area (Å²) in [6.45, 7) is 2.35. The van der Waals surface area contributed by atoms with Crippen molar-refractivity contribution in [1.82, 2.24) is 45.6 Å². The Hall–Kier alpha value is -6.12. The minimum atomic E-state index is -1.39. The molecule has 416 valence electrons. The second kappa shape index (κ2) is 33.7. The lowest BCUT2D eigenvalue weighted by atomic mass is 9.94. The second-order valence-electron chi connectivity index (χ2n) is 18.5. The number of likely N-dealkylation sites (N-methyl/N-ethyl adjacent to an activating group) is 4. The van der Waals surface area contributed by atoms with E-state index in [1.165, 1.54) is 31.8 Å². The zero-order chi connectivity index (χ0) is 55.5. The highest BCUT2D eigenvalue weighted by Crippen LogP contribution is 2.30. The number of nitrogens with zero attached hydrogens (tertiary/aromatic N) is 6. The molecular weight excluding hydrogens is 1020 g/mol. The molecule has 7 amide bonds. The third kappa shape index (κ3) is 24.4. The number of ether oxygens (including phenoxy) is 1. The molecule has 1 fully saturated rings. The Bertz CT molecular complexity index is 2290. The van der Waals surface area contributed by atoms with Crippen molar-refractivity contribution in [2.45, 2.75) is 114 Å². The first kappa shape index (κ1) is 63.2. The summed E-state index contributed by atoms with van der Waals surface area (Å²) in [4.78, 5) is 153. The Kier molecular flexibility index (Phi) is 28.4. The number of hydrogen-bond donors (Lipinski definition) is 3. The van der Waals surface area contributed by atoms with Gasteiger partial charge in [0.25, 0.3) is 11.8 Å². The molecule has 1 aliphatic rings. The highest BCUT2D eigenvalue weighted by molar-refractivity contribution is 8.76. The second-order valence-corrected chi connectivity index (χ2v) is 20.9. The number of rotatable bonds is 36. The van der Waals surface area contributed by atoms with Crippen molar-refractivity contribution in [2.75, 3.05) is 87.3 Å². The number of ketones is 2. The Labute approximate surface area is 444 Å². The number of pyridine rings is 1. The highest BCUT2D eigenvalue weighted by Gasteiger charge is 2.36. The van der Waals surface area contributed by atoms with Crippen LogP contribution in [0.15, 0.2) is 37.0 Å². The number of unbranched alkanes of at least 4 members (excludes halogenated alkanes) is 4. The normalized spacial score (nSPS) is 13.1. The number of aromatic nitrogens is 1. The third-order valence-electron chi connectivity index (χ3n) is 11.5. The number of imide groups is 1. The van der Waals surface area contributed by atoms with Crippen molar-refractivity contribution in [2.24, 2.45) is 5.92 Å². The summed E-state index contributed by atoms with van der Waals surface area (Å²) in [5.41, 5.74) is 0.482. The van der Waals surface area contributed by atoms with Gasteiger partial charge in [0.1, 0.15) is 16.9 Å². The van der Waals surface area contributed by atoms with E-state index >= 15 is 0 Å². The minimum absolute atomic E-state index is 0.0199. The average Bonchev–Trinajstić information content (AvgIpc) is 3.85. The molecule has 2 atom stereocenters. The number of hydroxylamine groups is 2. The lowest BCUT2D eigenvalue weighted by molar-refractivity contribution is -0.198. The smallest absolute Gasteiger partial charge is 0.441 e. The van der Waals surface area contributed by atoms with Crippen LogP contribution in [0.25, 0.3) is 0 Å². The van der Waals surface area contributed by atoms with Crippen molar-refractivity contribution in [1.29, 1.82) is 0 Å². The molecule has 0 bridgehead atoms. The maximum Gasteiger partial charge on any atom is 0.519 e. The van der Waals surface area contributed by atoms with Crippen LogP contribution in [0, 0.1) is 12.8 Å². The Morgan fingerprint density at radius 2 is 1.43 bits per heavy atom. The lowest BCUT2D eigenvalue weighted by Gasteiger charge is -2.27. The molecule has 0 spiro atoms. The van der Waals surface area contributed by atoms with E-state index in [1.807, 2.05) is 14.1 Å².